The van der Waals surface area contributed by atoms with E-state index >= 15 is 0 Å². The zero-order chi connectivity index (χ0) is 23.6. The fourth-order valence-corrected chi connectivity index (χ4v) is 4.92. The maximum absolute atomic E-state index is 13.0. The van der Waals surface area contributed by atoms with E-state index in [-0.39, 0.29) is 11.5 Å². The third-order valence-electron chi connectivity index (χ3n) is 5.44. The monoisotopic (exact) mass is 478 g/mol. The van der Waals surface area contributed by atoms with Crippen LogP contribution in [0.3, 0.4) is 0 Å². The van der Waals surface area contributed by atoms with E-state index < -0.39 is 53.1 Å². The molecule has 0 spiro atoms. The van der Waals surface area contributed by atoms with E-state index in [0.29, 0.717) is 0 Å². The van der Waals surface area contributed by atoms with E-state index in [4.69, 9.17) is 27.9 Å². The highest BCUT2D eigenvalue weighted by Gasteiger charge is 2.54. The third kappa shape index (κ3) is 5.26. The van der Waals surface area contributed by atoms with Crippen molar-refractivity contribution in [2.45, 2.75) is 55.7 Å². The average Bonchev–Trinajstić information content (AvgIpc) is 2.80. The van der Waals surface area contributed by atoms with Gasteiger partial charge >= 0.3 is 5.97 Å². The summed E-state index contributed by atoms with van der Waals surface area (Å²) >= 11 is 0. The first-order chi connectivity index (χ1) is 15.8. The van der Waals surface area contributed by atoms with Crippen LogP contribution >= 0.6 is 0 Å². The largest absolute Gasteiger partial charge is 0.457 e. The molecule has 33 heavy (non-hydrogen) atoms. The number of fused-ring (bicyclic) bond motifs is 1. The Bertz CT molecular complexity index is 1060. The van der Waals surface area contributed by atoms with Crippen LogP contribution in [0.25, 0.3) is 0 Å². The molecule has 0 saturated carbocycles. The van der Waals surface area contributed by atoms with Crippen LogP contribution < -0.4 is 0 Å². The van der Waals surface area contributed by atoms with E-state index in [2.05, 4.69) is 0 Å². The van der Waals surface area contributed by atoms with Crippen molar-refractivity contribution in [3.63, 3.8) is 0 Å². The van der Waals surface area contributed by atoms with Gasteiger partial charge in [-0.25, -0.2) is 0 Å². The lowest BCUT2D eigenvalue weighted by Crippen LogP contribution is -2.64. The van der Waals surface area contributed by atoms with Crippen LogP contribution in [0.4, 0.5) is 0 Å². The van der Waals surface area contributed by atoms with E-state index in [0.717, 1.165) is 11.1 Å². The molecule has 0 aromatic heterocycles. The van der Waals surface area contributed by atoms with Gasteiger partial charge in [-0.15, -0.1) is 0 Å². The molecule has 2 aliphatic rings. The first-order valence-electron chi connectivity index (χ1n) is 10.5. The van der Waals surface area contributed by atoms with Gasteiger partial charge in [-0.3, -0.25) is 8.98 Å². The summed E-state index contributed by atoms with van der Waals surface area (Å²) in [6.45, 7) is 3.20. The number of carbonyl (C=O) groups excluding carboxylic acids is 1. The summed E-state index contributed by atoms with van der Waals surface area (Å²) in [5.41, 5.74) is 1.66. The normalized spacial score (nSPS) is 29.8. The summed E-state index contributed by atoms with van der Waals surface area (Å²) in [5.74, 6) is -0.622. The molecule has 2 saturated heterocycles. The quantitative estimate of drug-likeness (QED) is 0.457. The highest BCUT2D eigenvalue weighted by atomic mass is 32.2. The summed E-state index contributed by atoms with van der Waals surface area (Å²) in [7, 11) is -2.88. The minimum Gasteiger partial charge on any atom is -0.457 e. The Morgan fingerprint density at radius 2 is 1.70 bits per heavy atom. The highest BCUT2D eigenvalue weighted by molar-refractivity contribution is 7.86. The lowest BCUT2D eigenvalue weighted by Gasteiger charge is -2.47. The summed E-state index contributed by atoms with van der Waals surface area (Å²) in [5, 5.41) is 0. The van der Waals surface area contributed by atoms with E-state index in [1.165, 1.54) is 26.2 Å². The molecule has 4 rings (SSSR count). The molecule has 6 atom stereocenters. The lowest BCUT2D eigenvalue weighted by atomic mass is 9.97. The van der Waals surface area contributed by atoms with Gasteiger partial charge in [0.2, 0.25) is 0 Å². The van der Waals surface area contributed by atoms with Gasteiger partial charge in [-0.1, -0.05) is 48.0 Å². The van der Waals surface area contributed by atoms with Crippen LogP contribution in [0.5, 0.6) is 0 Å². The highest BCUT2D eigenvalue weighted by Crippen LogP contribution is 2.37. The second kappa shape index (κ2) is 9.88. The molecule has 0 radical (unpaired) electrons. The number of hydrogen-bond donors (Lipinski definition) is 0. The van der Waals surface area contributed by atoms with Gasteiger partial charge in [0.15, 0.2) is 24.8 Å². The lowest BCUT2D eigenvalue weighted by molar-refractivity contribution is -0.355. The maximum Gasteiger partial charge on any atom is 0.303 e. The molecule has 2 heterocycles. The summed E-state index contributed by atoms with van der Waals surface area (Å²) in [6, 6.07) is 15.4. The fraction of sp³-hybridized carbons (Fsp3) is 0.435. The average molecular weight is 479 g/mol. The number of methoxy groups -OCH3 is 1. The molecule has 0 N–H and O–H groups in total. The zero-order valence-electron chi connectivity index (χ0n) is 18.4. The van der Waals surface area contributed by atoms with Crippen molar-refractivity contribution in [2.75, 3.05) is 13.7 Å². The number of hydrogen-bond acceptors (Lipinski definition) is 9. The number of benzene rings is 2. The van der Waals surface area contributed by atoms with E-state index in [9.17, 15) is 13.2 Å². The Kier molecular flexibility index (Phi) is 7.13. The van der Waals surface area contributed by atoms with Crippen LogP contribution in [0.15, 0.2) is 59.5 Å². The van der Waals surface area contributed by atoms with Crippen LogP contribution in [0.2, 0.25) is 0 Å². The van der Waals surface area contributed by atoms with Crippen molar-refractivity contribution >= 4 is 16.1 Å². The van der Waals surface area contributed by atoms with Gasteiger partial charge in [0.25, 0.3) is 10.1 Å². The van der Waals surface area contributed by atoms with Crippen molar-refractivity contribution in [3.05, 3.63) is 65.7 Å². The van der Waals surface area contributed by atoms with Gasteiger partial charge in [0.1, 0.15) is 12.2 Å². The Morgan fingerprint density at radius 1 is 1.00 bits per heavy atom. The smallest absolute Gasteiger partial charge is 0.303 e. The first-order valence-corrected chi connectivity index (χ1v) is 11.9. The van der Waals surface area contributed by atoms with Gasteiger partial charge in [0, 0.05) is 19.6 Å². The molecule has 0 amide bonds. The topological polar surface area (TPSA) is 107 Å². The van der Waals surface area contributed by atoms with Crippen molar-refractivity contribution in [3.8, 4) is 0 Å². The minimum atomic E-state index is -4.23. The number of aryl methyl sites for hydroxylation is 1. The Labute approximate surface area is 192 Å². The van der Waals surface area contributed by atoms with Gasteiger partial charge in [0.05, 0.1) is 11.5 Å². The van der Waals surface area contributed by atoms with E-state index in [1.807, 2.05) is 37.3 Å². The fourth-order valence-electron chi connectivity index (χ4n) is 3.85. The zero-order valence-corrected chi connectivity index (χ0v) is 19.3. The van der Waals surface area contributed by atoms with Crippen molar-refractivity contribution in [1.29, 1.82) is 0 Å². The Hall–Kier alpha value is -2.34. The molecular weight excluding hydrogens is 452 g/mol. The summed E-state index contributed by atoms with van der Waals surface area (Å²) in [4.78, 5) is 11.9. The number of esters is 1. The van der Waals surface area contributed by atoms with Crippen molar-refractivity contribution in [1.82, 2.24) is 0 Å². The molecule has 9 nitrogen and oxygen atoms in total. The van der Waals surface area contributed by atoms with Crippen molar-refractivity contribution < 1.29 is 41.1 Å². The molecule has 2 aromatic rings. The minimum absolute atomic E-state index is 0.0401. The van der Waals surface area contributed by atoms with Crippen LogP contribution in [-0.4, -0.2) is 58.8 Å². The molecule has 0 aliphatic carbocycles. The molecule has 10 heteroatoms. The van der Waals surface area contributed by atoms with Crippen LogP contribution in [-0.2, 0) is 42.8 Å². The molecule has 2 aromatic carbocycles. The Balaban J connectivity index is 1.64. The first kappa shape index (κ1) is 23.8. The Morgan fingerprint density at radius 3 is 2.33 bits per heavy atom. The van der Waals surface area contributed by atoms with Crippen LogP contribution in [0, 0.1) is 6.92 Å². The van der Waals surface area contributed by atoms with Crippen LogP contribution in [0.1, 0.15) is 24.3 Å². The molecule has 2 aliphatic heterocycles. The molecule has 178 valence electrons. The second-order valence-corrected chi connectivity index (χ2v) is 9.43. The standard InChI is InChI=1S/C23H26O9S/c1-14-9-11-17(12-10-14)33(25,26)32-21-20(29-15(2)24)19-18(30-23(21)27-3)13-28-22(31-19)16-7-5-4-6-8-16/h4-12,18-23H,13H2,1-3H3/t18-,19+,20-,21+,22+,23-/m0/s1. The van der Waals surface area contributed by atoms with Gasteiger partial charge < -0.3 is 23.7 Å². The third-order valence-corrected chi connectivity index (χ3v) is 6.76. The summed E-state index contributed by atoms with van der Waals surface area (Å²) in [6.07, 6.45) is -5.83. The predicted octanol–water partition coefficient (Wildman–Crippen LogP) is 2.49. The predicted molar refractivity (Wildman–Crippen MR) is 114 cm³/mol. The molecule has 0 bridgehead atoms. The maximum atomic E-state index is 13.0. The van der Waals surface area contributed by atoms with Crippen molar-refractivity contribution in [2.24, 2.45) is 0 Å². The number of ether oxygens (including phenoxy) is 5. The summed E-state index contributed by atoms with van der Waals surface area (Å²) < 4.78 is 60.2. The van der Waals surface area contributed by atoms with Gasteiger partial charge in [-0.2, -0.15) is 8.42 Å². The number of rotatable bonds is 6. The van der Waals surface area contributed by atoms with E-state index in [1.54, 1.807) is 12.1 Å². The molecular formula is C23H26O9S. The second-order valence-electron chi connectivity index (χ2n) is 7.86. The molecule has 2 fully saturated rings. The van der Waals surface area contributed by atoms with Gasteiger partial charge in [-0.05, 0) is 19.1 Å². The molecule has 0 unspecified atom stereocenters. The SMILES string of the molecule is CO[C@H]1O[C@H]2CO[C@@H](c3ccccc3)O[C@H]2[C@H](OC(C)=O)[C@H]1OS(=O)(=O)c1ccc(C)cc1. The number of carbonyl (C=O) groups is 1.